The number of aliphatic hydroxyl groups excluding tert-OH is 9. The Morgan fingerprint density at radius 2 is 1.25 bits per heavy atom. The van der Waals surface area contributed by atoms with Crippen molar-refractivity contribution in [1.29, 1.82) is 0 Å². The van der Waals surface area contributed by atoms with Crippen LogP contribution in [0.25, 0.3) is 0 Å². The monoisotopic (exact) mass is 528 g/mol. The molecular weight excluding hydrogens is 492 g/mol. The molecule has 3 aliphatic rings. The van der Waals surface area contributed by atoms with E-state index in [4.69, 9.17) is 28.4 Å². The van der Waals surface area contributed by atoms with E-state index in [1.165, 1.54) is 14.0 Å². The van der Waals surface area contributed by atoms with Crippen molar-refractivity contribution in [2.24, 2.45) is 0 Å². The van der Waals surface area contributed by atoms with E-state index in [1.54, 1.807) is 0 Å². The second kappa shape index (κ2) is 12.3. The first-order chi connectivity index (χ1) is 16.9. The number of methoxy groups -OCH3 is 1. The lowest BCUT2D eigenvalue weighted by Crippen LogP contribution is -2.64. The summed E-state index contributed by atoms with van der Waals surface area (Å²) >= 11 is 0. The summed E-state index contributed by atoms with van der Waals surface area (Å²) in [5, 5.41) is 91.0. The minimum atomic E-state index is -1.72. The van der Waals surface area contributed by atoms with Gasteiger partial charge in [-0.3, -0.25) is 0 Å². The molecule has 3 fully saturated rings. The molecule has 0 amide bonds. The standard InChI is InChI=1S/C21H36O15/c1-6(2)17-14(28)12(26)16(30)20(35-17)36-18-13(27)10(24)8(34-21(18)31-3)5-32-19-15(29)11(25)9(23)7(4-22)33-19/h7-30H,1,4-5H2,2-3H3/t7?,8?,9-,10-,11?,12?,13?,14-,15?,16?,17?,18?,19-,20+,21-/m1/s1. The Kier molecular flexibility index (Phi) is 10.2. The molecule has 9 unspecified atom stereocenters. The zero-order chi connectivity index (χ0) is 26.9. The van der Waals surface area contributed by atoms with Gasteiger partial charge in [-0.1, -0.05) is 6.58 Å². The fraction of sp³-hybridized carbons (Fsp3) is 0.905. The van der Waals surface area contributed by atoms with Crippen LogP contribution in [0, 0.1) is 0 Å². The maximum Gasteiger partial charge on any atom is 0.187 e. The number of hydrogen-bond donors (Lipinski definition) is 9. The average Bonchev–Trinajstić information content (AvgIpc) is 2.85. The highest BCUT2D eigenvalue weighted by atomic mass is 16.8. The van der Waals surface area contributed by atoms with Gasteiger partial charge in [-0.15, -0.1) is 0 Å². The predicted octanol–water partition coefficient (Wildman–Crippen LogP) is -5.34. The van der Waals surface area contributed by atoms with Gasteiger partial charge in [0.15, 0.2) is 18.9 Å². The molecule has 3 rings (SSSR count). The lowest BCUT2D eigenvalue weighted by atomic mass is 9.94. The number of aliphatic hydroxyl groups is 9. The molecule has 0 aromatic heterocycles. The second-order valence-electron chi connectivity index (χ2n) is 9.13. The van der Waals surface area contributed by atoms with Crippen LogP contribution in [0.3, 0.4) is 0 Å². The third-order valence-electron chi connectivity index (χ3n) is 6.50. The van der Waals surface area contributed by atoms with Crippen molar-refractivity contribution in [3.8, 4) is 0 Å². The van der Waals surface area contributed by atoms with Gasteiger partial charge >= 0.3 is 0 Å². The zero-order valence-corrected chi connectivity index (χ0v) is 19.8. The van der Waals surface area contributed by atoms with E-state index in [-0.39, 0.29) is 0 Å². The van der Waals surface area contributed by atoms with Crippen LogP contribution in [-0.2, 0) is 28.4 Å². The molecule has 3 saturated heterocycles. The summed E-state index contributed by atoms with van der Waals surface area (Å²) < 4.78 is 32.5. The molecule has 15 atom stereocenters. The van der Waals surface area contributed by atoms with Crippen molar-refractivity contribution in [3.63, 3.8) is 0 Å². The highest BCUT2D eigenvalue weighted by Gasteiger charge is 2.51. The van der Waals surface area contributed by atoms with Gasteiger partial charge < -0.3 is 74.4 Å². The second-order valence-corrected chi connectivity index (χ2v) is 9.13. The van der Waals surface area contributed by atoms with E-state index in [1.807, 2.05) is 0 Å². The van der Waals surface area contributed by atoms with Crippen molar-refractivity contribution in [1.82, 2.24) is 0 Å². The Morgan fingerprint density at radius 3 is 1.83 bits per heavy atom. The third kappa shape index (κ3) is 5.90. The van der Waals surface area contributed by atoms with Crippen LogP contribution in [0.15, 0.2) is 12.2 Å². The molecule has 210 valence electrons. The molecule has 0 aromatic carbocycles. The van der Waals surface area contributed by atoms with Crippen LogP contribution in [0.4, 0.5) is 0 Å². The number of ether oxygens (including phenoxy) is 6. The smallest absolute Gasteiger partial charge is 0.187 e. The van der Waals surface area contributed by atoms with Crippen molar-refractivity contribution < 1.29 is 74.4 Å². The fourth-order valence-corrected chi connectivity index (χ4v) is 4.30. The highest BCUT2D eigenvalue weighted by molar-refractivity contribution is 5.07. The number of hydrogen-bond acceptors (Lipinski definition) is 15. The maximum absolute atomic E-state index is 10.7. The predicted molar refractivity (Wildman–Crippen MR) is 114 cm³/mol. The molecule has 0 radical (unpaired) electrons. The van der Waals surface area contributed by atoms with Crippen molar-refractivity contribution in [2.75, 3.05) is 20.3 Å². The summed E-state index contributed by atoms with van der Waals surface area (Å²) in [5.41, 5.74) is 0.344. The normalized spacial score (nSPS) is 50.1. The molecule has 0 bridgehead atoms. The molecular formula is C21H36O15. The number of rotatable bonds is 8. The van der Waals surface area contributed by atoms with Gasteiger partial charge in [0.05, 0.1) is 13.2 Å². The van der Waals surface area contributed by atoms with E-state index in [9.17, 15) is 46.0 Å². The summed E-state index contributed by atoms with van der Waals surface area (Å²) in [4.78, 5) is 0. The average molecular weight is 529 g/mol. The summed E-state index contributed by atoms with van der Waals surface area (Å²) in [6.07, 6.45) is -22.5. The molecule has 36 heavy (non-hydrogen) atoms. The van der Waals surface area contributed by atoms with Crippen molar-refractivity contribution in [3.05, 3.63) is 12.2 Å². The van der Waals surface area contributed by atoms with Crippen LogP contribution < -0.4 is 0 Å². The molecule has 0 spiro atoms. The summed E-state index contributed by atoms with van der Waals surface area (Å²) in [5.74, 6) is 0. The van der Waals surface area contributed by atoms with Gasteiger partial charge in [0.25, 0.3) is 0 Å². The van der Waals surface area contributed by atoms with E-state index in [0.717, 1.165) is 0 Å². The molecule has 0 aromatic rings. The van der Waals surface area contributed by atoms with Gasteiger partial charge in [0.1, 0.15) is 73.2 Å². The first kappa shape index (κ1) is 29.7. The van der Waals surface area contributed by atoms with Gasteiger partial charge in [0, 0.05) is 7.11 Å². The highest BCUT2D eigenvalue weighted by Crippen LogP contribution is 2.31. The lowest BCUT2D eigenvalue weighted by molar-refractivity contribution is -0.366. The molecule has 15 heteroatoms. The zero-order valence-electron chi connectivity index (χ0n) is 19.8. The third-order valence-corrected chi connectivity index (χ3v) is 6.50. The fourth-order valence-electron chi connectivity index (χ4n) is 4.30. The van der Waals surface area contributed by atoms with Gasteiger partial charge in [-0.25, -0.2) is 0 Å². The Balaban J connectivity index is 1.65. The lowest BCUT2D eigenvalue weighted by Gasteiger charge is -2.46. The Labute approximate surface area is 206 Å². The Morgan fingerprint density at radius 1 is 0.694 bits per heavy atom. The minimum Gasteiger partial charge on any atom is -0.394 e. The van der Waals surface area contributed by atoms with Crippen LogP contribution in [0.1, 0.15) is 6.92 Å². The largest absolute Gasteiger partial charge is 0.394 e. The van der Waals surface area contributed by atoms with Gasteiger partial charge in [-0.2, -0.15) is 0 Å². The Bertz CT molecular complexity index is 721. The molecule has 3 heterocycles. The van der Waals surface area contributed by atoms with E-state index >= 15 is 0 Å². The van der Waals surface area contributed by atoms with E-state index in [2.05, 4.69) is 6.58 Å². The van der Waals surface area contributed by atoms with Gasteiger partial charge in [0.2, 0.25) is 0 Å². The quantitative estimate of drug-likeness (QED) is 0.134. The topological polar surface area (TPSA) is 237 Å². The first-order valence-corrected chi connectivity index (χ1v) is 11.4. The summed E-state index contributed by atoms with van der Waals surface area (Å²) in [6.45, 7) is 4.05. The summed E-state index contributed by atoms with van der Waals surface area (Å²) in [7, 11) is 1.22. The van der Waals surface area contributed by atoms with E-state index in [0.29, 0.717) is 5.57 Å². The molecule has 3 aliphatic heterocycles. The molecule has 0 saturated carbocycles. The molecule has 9 N–H and O–H groups in total. The van der Waals surface area contributed by atoms with Crippen LogP contribution in [0.5, 0.6) is 0 Å². The Hall–Kier alpha value is -0.860. The summed E-state index contributed by atoms with van der Waals surface area (Å²) in [6, 6.07) is 0. The first-order valence-electron chi connectivity index (χ1n) is 11.4. The van der Waals surface area contributed by atoms with Gasteiger partial charge in [-0.05, 0) is 12.5 Å². The van der Waals surface area contributed by atoms with Crippen LogP contribution >= 0.6 is 0 Å². The van der Waals surface area contributed by atoms with Crippen molar-refractivity contribution in [2.45, 2.75) is 99.0 Å². The van der Waals surface area contributed by atoms with Crippen LogP contribution in [0.2, 0.25) is 0 Å². The maximum atomic E-state index is 10.7. The minimum absolute atomic E-state index is 0.344. The van der Waals surface area contributed by atoms with E-state index < -0.39 is 105 Å². The molecule has 0 aliphatic carbocycles. The van der Waals surface area contributed by atoms with Crippen LogP contribution in [-0.4, -0.2) is 158 Å². The molecule has 15 nitrogen and oxygen atoms in total. The van der Waals surface area contributed by atoms with Crippen molar-refractivity contribution >= 4 is 0 Å². The SMILES string of the molecule is C=C(C)C1O[C@@H](OC2C(O)[C@H](O)C(CO[C@@H]3OC(CO)[C@@H](O)C(O)C3O)O[C@H]2OC)C(O)C(O)[C@H]1O.